The molecule has 0 saturated carbocycles. The van der Waals surface area contributed by atoms with Gasteiger partial charge in [-0.1, -0.05) is 0 Å². The zero-order valence-corrected chi connectivity index (χ0v) is 9.26. The third-order valence-electron chi connectivity index (χ3n) is 2.42. The number of carboxylic acid groups (broad SMARTS) is 1. The van der Waals surface area contributed by atoms with Crippen LogP contribution in [-0.4, -0.2) is 30.2 Å². The average Bonchev–Trinajstić information content (AvgIpc) is 2.26. The Balaban J connectivity index is 2.92. The normalized spacial score (nSPS) is 12.1. The zero-order chi connectivity index (χ0) is 12.1. The third-order valence-corrected chi connectivity index (χ3v) is 2.42. The fourth-order valence-corrected chi connectivity index (χ4v) is 1.48. The molecule has 1 rings (SSSR count). The van der Waals surface area contributed by atoms with Crippen molar-refractivity contribution in [2.45, 2.75) is 13.0 Å². The number of aliphatic carboxylic acids is 1. The van der Waals surface area contributed by atoms with Crippen LogP contribution in [0.25, 0.3) is 0 Å². The topological polar surface area (TPSA) is 92.6 Å². The third kappa shape index (κ3) is 2.87. The van der Waals surface area contributed by atoms with Crippen LogP contribution in [0.2, 0.25) is 0 Å². The number of nitrogens with two attached hydrogens (primary N) is 2. The average molecular weight is 223 g/mol. The quantitative estimate of drug-likeness (QED) is 0.632. The monoisotopic (exact) mass is 223 g/mol. The van der Waals surface area contributed by atoms with E-state index < -0.39 is 12.0 Å². The number of hydrogen-bond acceptors (Lipinski definition) is 4. The molecule has 1 aromatic carbocycles. The van der Waals surface area contributed by atoms with E-state index in [1.807, 2.05) is 0 Å². The van der Waals surface area contributed by atoms with Gasteiger partial charge in [-0.2, -0.15) is 0 Å². The fourth-order valence-electron chi connectivity index (χ4n) is 1.48. The molecular weight excluding hydrogens is 206 g/mol. The number of nitrogen functional groups attached to an aromatic ring is 1. The van der Waals surface area contributed by atoms with E-state index >= 15 is 0 Å². The maximum Gasteiger partial charge on any atom is 0.326 e. The Bertz CT molecular complexity index is 351. The van der Waals surface area contributed by atoms with Gasteiger partial charge >= 0.3 is 5.97 Å². The van der Waals surface area contributed by atoms with E-state index in [1.165, 1.54) is 0 Å². The Hall–Kier alpha value is -1.75. The van der Waals surface area contributed by atoms with Crippen LogP contribution in [-0.2, 0) is 4.79 Å². The smallest absolute Gasteiger partial charge is 0.326 e. The highest BCUT2D eigenvalue weighted by Gasteiger charge is 2.19. The molecule has 5 nitrogen and oxygen atoms in total. The summed E-state index contributed by atoms with van der Waals surface area (Å²) in [7, 11) is 0. The van der Waals surface area contributed by atoms with Gasteiger partial charge in [0.05, 0.1) is 0 Å². The van der Waals surface area contributed by atoms with Crippen molar-refractivity contribution in [2.24, 2.45) is 5.73 Å². The van der Waals surface area contributed by atoms with Crippen LogP contribution in [0.3, 0.4) is 0 Å². The molecule has 1 unspecified atom stereocenters. The van der Waals surface area contributed by atoms with Gasteiger partial charge in [0.25, 0.3) is 0 Å². The van der Waals surface area contributed by atoms with E-state index in [1.54, 1.807) is 36.1 Å². The molecule has 0 heterocycles. The van der Waals surface area contributed by atoms with Crippen molar-refractivity contribution in [3.05, 3.63) is 24.3 Å². The SMILES string of the molecule is CC(C(=O)O)N(CCN)c1ccc(N)cc1. The summed E-state index contributed by atoms with van der Waals surface area (Å²) in [5.74, 6) is -0.870. The highest BCUT2D eigenvalue weighted by molar-refractivity contribution is 5.77. The molecule has 0 amide bonds. The lowest BCUT2D eigenvalue weighted by Gasteiger charge is -2.28. The summed E-state index contributed by atoms with van der Waals surface area (Å²) in [5, 5.41) is 8.99. The van der Waals surface area contributed by atoms with Crippen LogP contribution in [0.15, 0.2) is 24.3 Å². The van der Waals surface area contributed by atoms with Crippen molar-refractivity contribution < 1.29 is 9.90 Å². The van der Waals surface area contributed by atoms with Gasteiger partial charge < -0.3 is 21.5 Å². The predicted molar refractivity (Wildman–Crippen MR) is 64.4 cm³/mol. The zero-order valence-electron chi connectivity index (χ0n) is 9.26. The van der Waals surface area contributed by atoms with Crippen molar-refractivity contribution in [3.63, 3.8) is 0 Å². The molecule has 1 aromatic rings. The minimum absolute atomic E-state index is 0.405. The molecule has 0 aliphatic carbocycles. The molecule has 0 spiro atoms. The Kier molecular flexibility index (Phi) is 4.13. The Labute approximate surface area is 94.7 Å². The molecule has 0 fully saturated rings. The summed E-state index contributed by atoms with van der Waals surface area (Å²) in [6.07, 6.45) is 0. The van der Waals surface area contributed by atoms with Gasteiger partial charge in [-0.15, -0.1) is 0 Å². The second kappa shape index (κ2) is 5.37. The van der Waals surface area contributed by atoms with E-state index in [4.69, 9.17) is 16.6 Å². The molecule has 0 aliphatic heterocycles. The molecule has 1 atom stereocenters. The second-order valence-electron chi connectivity index (χ2n) is 3.59. The minimum atomic E-state index is -0.870. The first-order chi connectivity index (χ1) is 7.56. The summed E-state index contributed by atoms with van der Waals surface area (Å²) in [4.78, 5) is 12.7. The number of rotatable bonds is 5. The molecule has 5 heteroatoms. The molecule has 0 bridgehead atoms. The molecule has 5 N–H and O–H groups in total. The van der Waals surface area contributed by atoms with Crippen LogP contribution < -0.4 is 16.4 Å². The number of anilines is 2. The molecule has 88 valence electrons. The molecule has 0 saturated heterocycles. The standard InChI is InChI=1S/C11H17N3O2/c1-8(11(15)16)14(7-6-12)10-4-2-9(13)3-5-10/h2-5,8H,6-7,12-13H2,1H3,(H,15,16). The summed E-state index contributed by atoms with van der Waals surface area (Å²) in [5.41, 5.74) is 12.5. The van der Waals surface area contributed by atoms with E-state index in [2.05, 4.69) is 0 Å². The molecule has 0 radical (unpaired) electrons. The maximum atomic E-state index is 10.9. The summed E-state index contributed by atoms with van der Waals surface area (Å²) in [6.45, 7) is 2.54. The number of carbonyl (C=O) groups is 1. The van der Waals surface area contributed by atoms with Gasteiger partial charge in [0, 0.05) is 24.5 Å². The van der Waals surface area contributed by atoms with Crippen molar-refractivity contribution in [2.75, 3.05) is 23.7 Å². The fraction of sp³-hybridized carbons (Fsp3) is 0.364. The van der Waals surface area contributed by atoms with Crippen LogP contribution >= 0.6 is 0 Å². The number of carboxylic acids is 1. The molecule has 0 aliphatic rings. The molecule has 16 heavy (non-hydrogen) atoms. The van der Waals surface area contributed by atoms with Crippen molar-refractivity contribution >= 4 is 17.3 Å². The van der Waals surface area contributed by atoms with Crippen LogP contribution in [0.1, 0.15) is 6.92 Å². The van der Waals surface area contributed by atoms with Gasteiger partial charge in [0.1, 0.15) is 6.04 Å². The van der Waals surface area contributed by atoms with E-state index in [9.17, 15) is 4.79 Å². The number of benzene rings is 1. The van der Waals surface area contributed by atoms with Gasteiger partial charge in [0.15, 0.2) is 0 Å². The number of nitrogens with zero attached hydrogens (tertiary/aromatic N) is 1. The van der Waals surface area contributed by atoms with E-state index in [-0.39, 0.29) is 0 Å². The maximum absolute atomic E-state index is 10.9. The number of hydrogen-bond donors (Lipinski definition) is 3. The second-order valence-corrected chi connectivity index (χ2v) is 3.59. The lowest BCUT2D eigenvalue weighted by molar-refractivity contribution is -0.138. The van der Waals surface area contributed by atoms with E-state index in [0.29, 0.717) is 18.8 Å². The Morgan fingerprint density at radius 1 is 1.44 bits per heavy atom. The molecular formula is C11H17N3O2. The Morgan fingerprint density at radius 3 is 2.44 bits per heavy atom. The van der Waals surface area contributed by atoms with E-state index in [0.717, 1.165) is 5.69 Å². The van der Waals surface area contributed by atoms with Crippen molar-refractivity contribution in [1.29, 1.82) is 0 Å². The largest absolute Gasteiger partial charge is 0.480 e. The first-order valence-corrected chi connectivity index (χ1v) is 5.11. The van der Waals surface area contributed by atoms with Crippen molar-refractivity contribution in [1.82, 2.24) is 0 Å². The van der Waals surface area contributed by atoms with Crippen molar-refractivity contribution in [3.8, 4) is 0 Å². The van der Waals surface area contributed by atoms with Crippen LogP contribution in [0, 0.1) is 0 Å². The first kappa shape index (κ1) is 12.3. The molecule has 0 aromatic heterocycles. The minimum Gasteiger partial charge on any atom is -0.480 e. The lowest BCUT2D eigenvalue weighted by atomic mass is 10.2. The lowest BCUT2D eigenvalue weighted by Crippen LogP contribution is -2.42. The van der Waals surface area contributed by atoms with Crippen LogP contribution in [0.4, 0.5) is 11.4 Å². The predicted octanol–water partition coefficient (Wildman–Crippen LogP) is 0.507. The Morgan fingerprint density at radius 2 is 2.00 bits per heavy atom. The summed E-state index contributed by atoms with van der Waals surface area (Å²) >= 11 is 0. The van der Waals surface area contributed by atoms with Crippen LogP contribution in [0.5, 0.6) is 0 Å². The van der Waals surface area contributed by atoms with Gasteiger partial charge in [-0.05, 0) is 31.2 Å². The summed E-state index contributed by atoms with van der Waals surface area (Å²) in [6, 6.07) is 6.47. The van der Waals surface area contributed by atoms with Gasteiger partial charge in [0.2, 0.25) is 0 Å². The van der Waals surface area contributed by atoms with Gasteiger partial charge in [-0.3, -0.25) is 0 Å². The first-order valence-electron chi connectivity index (χ1n) is 5.11. The highest BCUT2D eigenvalue weighted by Crippen LogP contribution is 2.18. The van der Waals surface area contributed by atoms with Gasteiger partial charge in [-0.25, -0.2) is 4.79 Å². The summed E-state index contributed by atoms with van der Waals surface area (Å²) < 4.78 is 0. The highest BCUT2D eigenvalue weighted by atomic mass is 16.4.